The number of hydrogen-bond donors (Lipinski definition) is 1. The molecule has 0 fully saturated rings. The summed E-state index contributed by atoms with van der Waals surface area (Å²) in [6, 6.07) is 32.0. The molecule has 0 bridgehead atoms. The van der Waals surface area contributed by atoms with Crippen LogP contribution in [0.25, 0.3) is 0 Å². The van der Waals surface area contributed by atoms with Crippen molar-refractivity contribution in [2.75, 3.05) is 20.3 Å². The van der Waals surface area contributed by atoms with Crippen LogP contribution in [0.4, 0.5) is 0 Å². The lowest BCUT2D eigenvalue weighted by Gasteiger charge is -2.48. The molecule has 0 aliphatic rings. The molecule has 0 aliphatic heterocycles. The Bertz CT molecular complexity index is 1470. The molecular formula is C46H72O5Si2. The minimum Gasteiger partial charge on any atom is -0.413 e. The Morgan fingerprint density at radius 3 is 1.72 bits per heavy atom. The quantitative estimate of drug-likeness (QED) is 0.0918. The van der Waals surface area contributed by atoms with Crippen molar-refractivity contribution in [3.05, 3.63) is 108 Å². The van der Waals surface area contributed by atoms with Crippen molar-refractivity contribution < 1.29 is 23.4 Å². The van der Waals surface area contributed by atoms with E-state index in [0.29, 0.717) is 32.7 Å². The molecule has 5 nitrogen and oxygen atoms in total. The van der Waals surface area contributed by atoms with Gasteiger partial charge in [-0.1, -0.05) is 165 Å². The van der Waals surface area contributed by atoms with Gasteiger partial charge in [0.25, 0.3) is 8.32 Å². The van der Waals surface area contributed by atoms with Gasteiger partial charge in [-0.2, -0.15) is 0 Å². The van der Waals surface area contributed by atoms with E-state index in [0.717, 1.165) is 12.0 Å². The van der Waals surface area contributed by atoms with Crippen LogP contribution >= 0.6 is 0 Å². The first-order chi connectivity index (χ1) is 24.8. The Morgan fingerprint density at radius 2 is 1.26 bits per heavy atom. The SMILES string of the molecule is CC[C@@H](COCc1ccccc1)/C(C)=C\[C@@H](O)C[C@H](C[C@H](O[Si](C)(C)C(C)(C)C)C(C)(C)CO[Si](c1ccccc1)(c1ccccc1)C(C)(C)C)OC. The van der Waals surface area contributed by atoms with Crippen molar-refractivity contribution in [1.82, 2.24) is 0 Å². The van der Waals surface area contributed by atoms with Gasteiger partial charge >= 0.3 is 0 Å². The maximum absolute atomic E-state index is 11.4. The molecule has 0 unspecified atom stereocenters. The van der Waals surface area contributed by atoms with Crippen molar-refractivity contribution in [2.24, 2.45) is 11.3 Å². The van der Waals surface area contributed by atoms with Gasteiger partial charge in [0.15, 0.2) is 8.32 Å². The van der Waals surface area contributed by atoms with Crippen LogP contribution in [0.3, 0.4) is 0 Å². The zero-order chi connectivity index (χ0) is 39.5. The predicted molar refractivity (Wildman–Crippen MR) is 229 cm³/mol. The first kappa shape index (κ1) is 45.0. The number of ether oxygens (including phenoxy) is 2. The summed E-state index contributed by atoms with van der Waals surface area (Å²) in [6.07, 6.45) is 3.09. The third kappa shape index (κ3) is 12.3. The topological polar surface area (TPSA) is 57.2 Å². The van der Waals surface area contributed by atoms with Gasteiger partial charge in [0.2, 0.25) is 0 Å². The highest BCUT2D eigenvalue weighted by atomic mass is 28.4. The molecule has 0 saturated carbocycles. The zero-order valence-corrected chi connectivity index (χ0v) is 37.4. The summed E-state index contributed by atoms with van der Waals surface area (Å²) >= 11 is 0. The molecule has 3 aromatic carbocycles. The molecule has 0 heterocycles. The van der Waals surface area contributed by atoms with E-state index in [1.807, 2.05) is 24.3 Å². The van der Waals surface area contributed by atoms with Gasteiger partial charge in [-0.05, 0) is 58.9 Å². The number of rotatable bonds is 20. The highest BCUT2D eigenvalue weighted by Crippen LogP contribution is 2.43. The molecule has 0 spiro atoms. The lowest BCUT2D eigenvalue weighted by molar-refractivity contribution is -0.0315. The average molecular weight is 761 g/mol. The summed E-state index contributed by atoms with van der Waals surface area (Å²) in [5.41, 5.74) is 1.96. The van der Waals surface area contributed by atoms with Crippen molar-refractivity contribution in [3.8, 4) is 0 Å². The molecule has 53 heavy (non-hydrogen) atoms. The van der Waals surface area contributed by atoms with Crippen molar-refractivity contribution in [2.45, 2.75) is 137 Å². The van der Waals surface area contributed by atoms with Crippen LogP contribution in [0.2, 0.25) is 23.2 Å². The van der Waals surface area contributed by atoms with Crippen LogP contribution < -0.4 is 10.4 Å². The van der Waals surface area contributed by atoms with Crippen LogP contribution in [-0.2, 0) is 24.9 Å². The van der Waals surface area contributed by atoms with Crippen molar-refractivity contribution in [1.29, 1.82) is 0 Å². The molecule has 7 heteroatoms. The molecule has 0 aliphatic carbocycles. The summed E-state index contributed by atoms with van der Waals surface area (Å²) in [4.78, 5) is 0. The number of benzene rings is 3. The van der Waals surface area contributed by atoms with Gasteiger partial charge in [0.05, 0.1) is 31.5 Å². The highest BCUT2D eigenvalue weighted by Gasteiger charge is 2.52. The maximum atomic E-state index is 11.4. The molecular weight excluding hydrogens is 689 g/mol. The molecule has 294 valence electrons. The van der Waals surface area contributed by atoms with Crippen LogP contribution in [0, 0.1) is 11.3 Å². The van der Waals surface area contributed by atoms with E-state index in [1.54, 1.807) is 7.11 Å². The summed E-state index contributed by atoms with van der Waals surface area (Å²) in [5.74, 6) is 0.238. The van der Waals surface area contributed by atoms with Crippen molar-refractivity contribution in [3.63, 3.8) is 0 Å². The second-order valence-corrected chi connectivity index (χ2v) is 27.3. The average Bonchev–Trinajstić information content (AvgIpc) is 3.09. The Kier molecular flexibility index (Phi) is 16.5. The lowest BCUT2D eigenvalue weighted by Crippen LogP contribution is -2.67. The van der Waals surface area contributed by atoms with Crippen LogP contribution in [0.15, 0.2) is 103 Å². The van der Waals surface area contributed by atoms with E-state index in [2.05, 4.69) is 155 Å². The Labute approximate surface area is 325 Å². The highest BCUT2D eigenvalue weighted by molar-refractivity contribution is 6.99. The van der Waals surface area contributed by atoms with Crippen LogP contribution in [0.1, 0.15) is 94.1 Å². The zero-order valence-electron chi connectivity index (χ0n) is 35.4. The molecule has 3 aromatic rings. The van der Waals surface area contributed by atoms with Gasteiger partial charge in [0.1, 0.15) is 0 Å². The van der Waals surface area contributed by atoms with Gasteiger partial charge in [-0.3, -0.25) is 0 Å². The Morgan fingerprint density at radius 1 is 0.755 bits per heavy atom. The van der Waals surface area contributed by atoms with Gasteiger partial charge < -0.3 is 23.4 Å². The van der Waals surface area contributed by atoms with Gasteiger partial charge in [-0.15, -0.1) is 0 Å². The minimum atomic E-state index is -2.77. The molecule has 0 radical (unpaired) electrons. The van der Waals surface area contributed by atoms with Crippen LogP contribution in [-0.4, -0.2) is 60.4 Å². The first-order valence-electron chi connectivity index (χ1n) is 19.7. The third-order valence-electron chi connectivity index (χ3n) is 11.5. The molecule has 0 saturated heterocycles. The Hall–Kier alpha value is -2.37. The largest absolute Gasteiger partial charge is 0.413 e. The van der Waals surface area contributed by atoms with Gasteiger partial charge in [-0.25, -0.2) is 0 Å². The predicted octanol–water partition coefficient (Wildman–Crippen LogP) is 10.3. The number of aliphatic hydroxyl groups is 1. The van der Waals surface area contributed by atoms with Crippen molar-refractivity contribution >= 4 is 27.0 Å². The molecule has 3 rings (SSSR count). The normalized spacial score (nSPS) is 15.9. The standard InChI is InChI=1S/C46H72O5Si2/c1-14-38(34-49-33-37-24-18-15-19-25-37)36(2)30-39(47)31-40(48-11)32-43(51-52(12,13)44(3,4)5)46(9,10)35-50-53(45(6,7)8,41-26-20-16-21-27-41)42-28-22-17-23-29-42/h15-30,38-40,43,47H,14,31-35H2,1-13H3/b36-30-/t38-,39+,40+,43-/m0/s1. The molecule has 0 amide bonds. The second-order valence-electron chi connectivity index (χ2n) is 18.2. The molecule has 1 N–H and O–H groups in total. The third-order valence-corrected chi connectivity index (χ3v) is 21.0. The Balaban J connectivity index is 1.88. The smallest absolute Gasteiger partial charge is 0.261 e. The minimum absolute atomic E-state index is 0.0276. The van der Waals surface area contributed by atoms with E-state index < -0.39 is 22.7 Å². The summed E-state index contributed by atoms with van der Waals surface area (Å²) in [7, 11) is -3.22. The van der Waals surface area contributed by atoms with Crippen LogP contribution in [0.5, 0.6) is 0 Å². The number of aliphatic hydroxyl groups excluding tert-OH is 1. The summed E-state index contributed by atoms with van der Waals surface area (Å²) < 4.78 is 27.1. The van der Waals surface area contributed by atoms with E-state index in [4.69, 9.17) is 18.3 Å². The fourth-order valence-corrected chi connectivity index (χ4v) is 13.2. The molecule has 0 aromatic heterocycles. The van der Waals surface area contributed by atoms with E-state index >= 15 is 0 Å². The van der Waals surface area contributed by atoms with E-state index in [1.165, 1.54) is 15.9 Å². The fraction of sp³-hybridized carbons (Fsp3) is 0.565. The maximum Gasteiger partial charge on any atom is 0.261 e. The summed E-state index contributed by atoms with van der Waals surface area (Å²) in [5, 5.41) is 13.9. The first-order valence-corrected chi connectivity index (χ1v) is 24.5. The monoisotopic (exact) mass is 760 g/mol. The van der Waals surface area contributed by atoms with E-state index in [9.17, 15) is 5.11 Å². The number of hydrogen-bond acceptors (Lipinski definition) is 5. The summed E-state index contributed by atoms with van der Waals surface area (Å²) in [6.45, 7) is 29.1. The van der Waals surface area contributed by atoms with E-state index in [-0.39, 0.29) is 33.6 Å². The number of methoxy groups -OCH3 is 1. The second kappa shape index (κ2) is 19.5. The van der Waals surface area contributed by atoms with Gasteiger partial charge in [0, 0.05) is 31.5 Å². The lowest BCUT2D eigenvalue weighted by atomic mass is 9.83. The fourth-order valence-electron chi connectivity index (χ4n) is 6.98. The molecule has 4 atom stereocenters.